The lowest BCUT2D eigenvalue weighted by atomic mass is 9.94. The van der Waals surface area contributed by atoms with Gasteiger partial charge in [-0.2, -0.15) is 0 Å². The lowest BCUT2D eigenvalue weighted by molar-refractivity contribution is 0.669. The fraction of sp³-hybridized carbons (Fsp3) is 0. The molecular formula is C40H25NO. The molecule has 9 aromatic rings. The molecule has 0 aliphatic rings. The first kappa shape index (κ1) is 23.1. The van der Waals surface area contributed by atoms with Crippen molar-refractivity contribution < 1.29 is 4.42 Å². The third kappa shape index (κ3) is 3.39. The molecular weight excluding hydrogens is 510 g/mol. The van der Waals surface area contributed by atoms with Crippen molar-refractivity contribution in [1.82, 2.24) is 0 Å². The van der Waals surface area contributed by atoms with Gasteiger partial charge in [-0.3, -0.25) is 0 Å². The molecule has 0 aliphatic heterocycles. The van der Waals surface area contributed by atoms with Crippen LogP contribution in [0.4, 0.5) is 17.1 Å². The molecule has 196 valence electrons. The Kier molecular flexibility index (Phi) is 4.93. The molecule has 9 rings (SSSR count). The summed E-state index contributed by atoms with van der Waals surface area (Å²) < 4.78 is 6.27. The summed E-state index contributed by atoms with van der Waals surface area (Å²) in [6.45, 7) is 0. The summed E-state index contributed by atoms with van der Waals surface area (Å²) in [5.41, 5.74) is 5.10. The molecule has 1 aromatic heterocycles. The van der Waals surface area contributed by atoms with Crippen molar-refractivity contribution in [2.75, 3.05) is 4.90 Å². The van der Waals surface area contributed by atoms with Gasteiger partial charge >= 0.3 is 0 Å². The average molecular weight is 536 g/mol. The van der Waals surface area contributed by atoms with Crippen molar-refractivity contribution in [3.63, 3.8) is 0 Å². The van der Waals surface area contributed by atoms with Crippen molar-refractivity contribution in [3.05, 3.63) is 152 Å². The van der Waals surface area contributed by atoms with Gasteiger partial charge in [0.15, 0.2) is 0 Å². The highest BCUT2D eigenvalue weighted by molar-refractivity contribution is 6.22. The largest absolute Gasteiger partial charge is 0.456 e. The van der Waals surface area contributed by atoms with Gasteiger partial charge in [0.2, 0.25) is 0 Å². The highest BCUT2D eigenvalue weighted by Crippen LogP contribution is 2.44. The maximum absolute atomic E-state index is 6.27. The van der Waals surface area contributed by atoms with Crippen LogP contribution in [-0.4, -0.2) is 0 Å². The lowest BCUT2D eigenvalue weighted by Gasteiger charge is -2.26. The minimum absolute atomic E-state index is 0.890. The lowest BCUT2D eigenvalue weighted by Crippen LogP contribution is -2.10. The van der Waals surface area contributed by atoms with Gasteiger partial charge in [0, 0.05) is 16.8 Å². The first-order chi connectivity index (χ1) is 20.8. The number of anilines is 3. The van der Waals surface area contributed by atoms with Gasteiger partial charge in [0.05, 0.1) is 11.1 Å². The van der Waals surface area contributed by atoms with E-state index in [9.17, 15) is 0 Å². The Morgan fingerprint density at radius 3 is 1.79 bits per heavy atom. The normalized spacial score (nSPS) is 11.8. The monoisotopic (exact) mass is 535 g/mol. The van der Waals surface area contributed by atoms with Gasteiger partial charge in [-0.05, 0) is 85.6 Å². The summed E-state index contributed by atoms with van der Waals surface area (Å²) in [5, 5.41) is 12.4. The maximum atomic E-state index is 6.27. The van der Waals surface area contributed by atoms with Crippen LogP contribution in [0.5, 0.6) is 0 Å². The molecule has 0 aliphatic carbocycles. The molecule has 0 amide bonds. The Balaban J connectivity index is 1.28. The zero-order chi connectivity index (χ0) is 27.6. The predicted molar refractivity (Wildman–Crippen MR) is 178 cm³/mol. The van der Waals surface area contributed by atoms with E-state index in [0.717, 1.165) is 39.0 Å². The number of rotatable bonds is 3. The molecule has 0 unspecified atom stereocenters. The summed E-state index contributed by atoms with van der Waals surface area (Å²) >= 11 is 0. The fourth-order valence-corrected chi connectivity index (χ4v) is 6.72. The molecule has 0 bridgehead atoms. The zero-order valence-corrected chi connectivity index (χ0v) is 22.8. The van der Waals surface area contributed by atoms with Crippen LogP contribution in [-0.2, 0) is 0 Å². The van der Waals surface area contributed by atoms with E-state index in [0.29, 0.717) is 0 Å². The van der Waals surface area contributed by atoms with E-state index >= 15 is 0 Å². The van der Waals surface area contributed by atoms with Crippen LogP contribution in [0.15, 0.2) is 156 Å². The number of furan rings is 1. The predicted octanol–water partition coefficient (Wildman–Crippen LogP) is 11.7. The van der Waals surface area contributed by atoms with E-state index in [2.05, 4.69) is 144 Å². The highest BCUT2D eigenvalue weighted by Gasteiger charge is 2.19. The smallest absolute Gasteiger partial charge is 0.137 e. The summed E-state index contributed by atoms with van der Waals surface area (Å²) in [4.78, 5) is 2.35. The van der Waals surface area contributed by atoms with Crippen LogP contribution in [0, 0.1) is 0 Å². The van der Waals surface area contributed by atoms with E-state index in [4.69, 9.17) is 4.42 Å². The average Bonchev–Trinajstić information content (AvgIpc) is 3.44. The number of fused-ring (bicyclic) bond motifs is 10. The van der Waals surface area contributed by atoms with E-state index in [1.54, 1.807) is 0 Å². The topological polar surface area (TPSA) is 16.4 Å². The zero-order valence-electron chi connectivity index (χ0n) is 22.8. The number of hydrogen-bond donors (Lipinski definition) is 0. The van der Waals surface area contributed by atoms with Gasteiger partial charge in [-0.25, -0.2) is 0 Å². The molecule has 2 nitrogen and oxygen atoms in total. The Bertz CT molecular complexity index is 2470. The second kappa shape index (κ2) is 8.95. The standard InChI is InChI=1S/C40H25NO/c1-2-10-28(11-3-1)41(37-14-8-16-39-40(37)36-13-6-7-15-38(36)42-39)29-19-22-31-27(25-29)18-21-35-33(31)24-23-32-30-12-5-4-9-26(30)17-20-34(32)35/h1-25H. The van der Waals surface area contributed by atoms with Crippen molar-refractivity contribution >= 4 is 82.1 Å². The van der Waals surface area contributed by atoms with Crippen molar-refractivity contribution in [2.45, 2.75) is 0 Å². The quantitative estimate of drug-likeness (QED) is 0.209. The first-order valence-electron chi connectivity index (χ1n) is 14.4. The first-order valence-corrected chi connectivity index (χ1v) is 14.4. The van der Waals surface area contributed by atoms with E-state index in [1.165, 1.54) is 43.1 Å². The summed E-state index contributed by atoms with van der Waals surface area (Å²) in [6.07, 6.45) is 0. The van der Waals surface area contributed by atoms with Crippen LogP contribution in [0.2, 0.25) is 0 Å². The van der Waals surface area contributed by atoms with Gasteiger partial charge < -0.3 is 9.32 Å². The van der Waals surface area contributed by atoms with Crippen LogP contribution in [0.1, 0.15) is 0 Å². The summed E-state index contributed by atoms with van der Waals surface area (Å²) in [6, 6.07) is 54.3. The third-order valence-electron chi connectivity index (χ3n) is 8.62. The molecule has 0 radical (unpaired) electrons. The van der Waals surface area contributed by atoms with Gasteiger partial charge in [0.25, 0.3) is 0 Å². The minimum Gasteiger partial charge on any atom is -0.456 e. The van der Waals surface area contributed by atoms with E-state index < -0.39 is 0 Å². The Morgan fingerprint density at radius 2 is 0.952 bits per heavy atom. The molecule has 42 heavy (non-hydrogen) atoms. The van der Waals surface area contributed by atoms with Crippen LogP contribution in [0.25, 0.3) is 65.0 Å². The maximum Gasteiger partial charge on any atom is 0.137 e. The highest BCUT2D eigenvalue weighted by atomic mass is 16.3. The second-order valence-electron chi connectivity index (χ2n) is 10.9. The summed E-state index contributed by atoms with van der Waals surface area (Å²) in [5.74, 6) is 0. The molecule has 0 saturated heterocycles. The molecule has 1 heterocycles. The third-order valence-corrected chi connectivity index (χ3v) is 8.62. The SMILES string of the molecule is c1ccc(N(c2ccc3c(ccc4c3ccc3c5ccccc5ccc34)c2)c2cccc3oc4ccccc4c23)cc1. The van der Waals surface area contributed by atoms with Gasteiger partial charge in [-0.15, -0.1) is 0 Å². The van der Waals surface area contributed by atoms with Gasteiger partial charge in [0.1, 0.15) is 11.2 Å². The Morgan fingerprint density at radius 1 is 0.357 bits per heavy atom. The fourth-order valence-electron chi connectivity index (χ4n) is 6.72. The molecule has 2 heteroatoms. The minimum atomic E-state index is 0.890. The van der Waals surface area contributed by atoms with E-state index in [1.807, 2.05) is 12.1 Å². The van der Waals surface area contributed by atoms with Crippen molar-refractivity contribution in [2.24, 2.45) is 0 Å². The van der Waals surface area contributed by atoms with Crippen LogP contribution in [0.3, 0.4) is 0 Å². The van der Waals surface area contributed by atoms with Crippen molar-refractivity contribution in [3.8, 4) is 0 Å². The number of para-hydroxylation sites is 2. The van der Waals surface area contributed by atoms with Gasteiger partial charge in [-0.1, -0.05) is 109 Å². The molecule has 0 saturated carbocycles. The molecule has 0 N–H and O–H groups in total. The van der Waals surface area contributed by atoms with E-state index in [-0.39, 0.29) is 0 Å². The molecule has 0 spiro atoms. The number of benzene rings is 8. The number of hydrogen-bond acceptors (Lipinski definition) is 2. The van der Waals surface area contributed by atoms with Crippen LogP contribution >= 0.6 is 0 Å². The number of nitrogens with zero attached hydrogens (tertiary/aromatic N) is 1. The van der Waals surface area contributed by atoms with Crippen molar-refractivity contribution in [1.29, 1.82) is 0 Å². The molecule has 0 fully saturated rings. The molecule has 8 aromatic carbocycles. The second-order valence-corrected chi connectivity index (χ2v) is 10.9. The summed E-state index contributed by atoms with van der Waals surface area (Å²) in [7, 11) is 0. The molecule has 0 atom stereocenters. The van der Waals surface area contributed by atoms with Crippen LogP contribution < -0.4 is 4.90 Å². The Hall–Kier alpha value is -5.60. The Labute approximate surface area is 242 Å².